The largest absolute Gasteiger partial charge is 0.636 e. The van der Waals surface area contributed by atoms with E-state index in [2.05, 4.69) is 11.2 Å². The van der Waals surface area contributed by atoms with Crippen LogP contribution in [0.2, 0.25) is 0 Å². The maximum atomic E-state index is 8.61. The zero-order chi connectivity index (χ0) is 7.11. The second-order valence-corrected chi connectivity index (χ2v) is 1.49. The van der Waals surface area contributed by atoms with Crippen molar-refractivity contribution in [1.29, 1.82) is 0 Å². The molecule has 1 N–H and O–H groups in total. The van der Waals surface area contributed by atoms with E-state index in [1.165, 1.54) is 7.11 Å². The molecule has 0 saturated carbocycles. The highest BCUT2D eigenvalue weighted by atomic mass is 16.7. The first-order valence-electron chi connectivity index (χ1n) is 2.74. The van der Waals surface area contributed by atoms with Gasteiger partial charge in [0.05, 0.1) is 0 Å². The topological polar surface area (TPSA) is 38.7 Å². The number of rotatable bonds is 5. The Morgan fingerprint density at radius 3 is 2.89 bits per heavy atom. The minimum absolute atomic E-state index is 0.443. The lowest BCUT2D eigenvalue weighted by molar-refractivity contribution is 0.162. The van der Waals surface area contributed by atoms with Crippen molar-refractivity contribution in [3.05, 3.63) is 12.7 Å². The molecule has 0 aromatic carbocycles. The molecule has 0 saturated heterocycles. The summed E-state index contributed by atoms with van der Waals surface area (Å²) in [5, 5.41) is 8.61. The lowest BCUT2D eigenvalue weighted by Crippen LogP contribution is -2.20. The predicted molar refractivity (Wildman–Crippen MR) is 35.7 cm³/mol. The molecule has 0 aliphatic heterocycles. The zero-order valence-electron chi connectivity index (χ0n) is 5.54. The minimum Gasteiger partial charge on any atom is -0.402 e. The van der Waals surface area contributed by atoms with Crippen molar-refractivity contribution in [2.75, 3.05) is 13.7 Å². The van der Waals surface area contributed by atoms with Gasteiger partial charge in [-0.15, -0.1) is 6.58 Å². The van der Waals surface area contributed by atoms with Gasteiger partial charge in [-0.25, -0.2) is 0 Å². The van der Waals surface area contributed by atoms with Crippen molar-refractivity contribution < 1.29 is 14.3 Å². The quantitative estimate of drug-likeness (QED) is 0.328. The molecule has 0 rings (SSSR count). The summed E-state index contributed by atoms with van der Waals surface area (Å²) >= 11 is 0. The van der Waals surface area contributed by atoms with E-state index in [9.17, 15) is 0 Å². The van der Waals surface area contributed by atoms with Crippen LogP contribution in [-0.4, -0.2) is 26.1 Å². The van der Waals surface area contributed by atoms with Gasteiger partial charge in [0.25, 0.3) is 0 Å². The molecule has 0 aliphatic rings. The molecule has 0 heterocycles. The molecule has 0 bridgehead atoms. The Hall–Kier alpha value is -0.315. The second kappa shape index (κ2) is 5.82. The normalized spacial score (nSPS) is 9.11. The molecule has 0 radical (unpaired) electrons. The Labute approximate surface area is 55.5 Å². The molecule has 0 unspecified atom stereocenters. The first-order valence-corrected chi connectivity index (χ1v) is 2.74. The summed E-state index contributed by atoms with van der Waals surface area (Å²) in [5.74, 6) is 0. The molecule has 0 fully saturated rings. The van der Waals surface area contributed by atoms with Crippen molar-refractivity contribution in [2.24, 2.45) is 0 Å². The van der Waals surface area contributed by atoms with Crippen molar-refractivity contribution in [2.45, 2.75) is 6.42 Å². The highest BCUT2D eigenvalue weighted by molar-refractivity contribution is 6.34. The Morgan fingerprint density at radius 2 is 2.44 bits per heavy atom. The molecule has 9 heavy (non-hydrogen) atoms. The Morgan fingerprint density at radius 1 is 1.78 bits per heavy atom. The Kier molecular flexibility index (Phi) is 5.61. The fourth-order valence-corrected chi connectivity index (χ4v) is 0.320. The summed E-state index contributed by atoms with van der Waals surface area (Å²) in [7, 11) is 0.281. The van der Waals surface area contributed by atoms with Gasteiger partial charge >= 0.3 is 7.32 Å². The molecule has 3 nitrogen and oxygen atoms in total. The fourth-order valence-electron chi connectivity index (χ4n) is 0.320. The van der Waals surface area contributed by atoms with Crippen LogP contribution in [0.3, 0.4) is 0 Å². The van der Waals surface area contributed by atoms with Crippen LogP contribution in [-0.2, 0) is 9.31 Å². The first kappa shape index (κ1) is 8.68. The van der Waals surface area contributed by atoms with Crippen molar-refractivity contribution >= 4 is 7.32 Å². The van der Waals surface area contributed by atoms with E-state index in [4.69, 9.17) is 9.68 Å². The average Bonchev–Trinajstić information content (AvgIpc) is 1.89. The highest BCUT2D eigenvalue weighted by Gasteiger charge is 2.10. The van der Waals surface area contributed by atoms with Crippen LogP contribution >= 0.6 is 0 Å². The van der Waals surface area contributed by atoms with Gasteiger partial charge in [0.2, 0.25) is 0 Å². The third kappa shape index (κ3) is 5.56. The van der Waals surface area contributed by atoms with Crippen LogP contribution in [0.1, 0.15) is 6.42 Å². The van der Waals surface area contributed by atoms with E-state index in [1.54, 1.807) is 6.08 Å². The highest BCUT2D eigenvalue weighted by Crippen LogP contribution is 1.85. The van der Waals surface area contributed by atoms with E-state index < -0.39 is 7.32 Å². The van der Waals surface area contributed by atoms with Crippen LogP contribution < -0.4 is 0 Å². The van der Waals surface area contributed by atoms with Crippen LogP contribution in [0.4, 0.5) is 0 Å². The van der Waals surface area contributed by atoms with Crippen molar-refractivity contribution in [3.63, 3.8) is 0 Å². The summed E-state index contributed by atoms with van der Waals surface area (Å²) in [6, 6.07) is 0. The van der Waals surface area contributed by atoms with Gasteiger partial charge in [-0.2, -0.15) is 0 Å². The third-order valence-electron chi connectivity index (χ3n) is 0.784. The number of hydrogen-bond acceptors (Lipinski definition) is 3. The molecular weight excluding hydrogens is 119 g/mol. The predicted octanol–water partition coefficient (Wildman–Crippen LogP) is 0.203. The van der Waals surface area contributed by atoms with Gasteiger partial charge in [-0.3, -0.25) is 0 Å². The molecule has 0 aromatic heterocycles. The van der Waals surface area contributed by atoms with Crippen molar-refractivity contribution in [3.8, 4) is 0 Å². The smallest absolute Gasteiger partial charge is 0.402 e. The molecular formula is C5H11BO3. The van der Waals surface area contributed by atoms with Crippen LogP contribution in [0.25, 0.3) is 0 Å². The molecule has 4 heteroatoms. The monoisotopic (exact) mass is 130 g/mol. The third-order valence-corrected chi connectivity index (χ3v) is 0.784. The zero-order valence-corrected chi connectivity index (χ0v) is 5.54. The second-order valence-electron chi connectivity index (χ2n) is 1.49. The maximum absolute atomic E-state index is 8.61. The van der Waals surface area contributed by atoms with Crippen LogP contribution in [0.5, 0.6) is 0 Å². The molecule has 0 spiro atoms. The molecule has 0 amide bonds. The fraction of sp³-hybridized carbons (Fsp3) is 0.600. The van der Waals surface area contributed by atoms with E-state index >= 15 is 0 Å². The van der Waals surface area contributed by atoms with Crippen LogP contribution in [0, 0.1) is 0 Å². The van der Waals surface area contributed by atoms with E-state index in [1.807, 2.05) is 0 Å². The Balaban J connectivity index is 2.96. The van der Waals surface area contributed by atoms with E-state index in [-0.39, 0.29) is 0 Å². The van der Waals surface area contributed by atoms with Gasteiger partial charge in [0, 0.05) is 13.7 Å². The van der Waals surface area contributed by atoms with Crippen LogP contribution in [0.15, 0.2) is 12.7 Å². The standard InChI is InChI=1S/C5H11BO3/c1-3-4-5-9-6(7)8-2/h3,7H,1,4-5H2,2H3. The Bertz CT molecular complexity index is 76.6. The van der Waals surface area contributed by atoms with Gasteiger partial charge in [-0.1, -0.05) is 6.08 Å². The molecule has 0 aliphatic carbocycles. The summed E-state index contributed by atoms with van der Waals surface area (Å²) in [5.41, 5.74) is 0. The minimum atomic E-state index is -1.09. The summed E-state index contributed by atoms with van der Waals surface area (Å²) < 4.78 is 9.09. The summed E-state index contributed by atoms with van der Waals surface area (Å²) in [6.07, 6.45) is 2.43. The van der Waals surface area contributed by atoms with Crippen molar-refractivity contribution in [1.82, 2.24) is 0 Å². The molecule has 52 valence electrons. The van der Waals surface area contributed by atoms with E-state index in [0.717, 1.165) is 6.42 Å². The molecule has 0 aromatic rings. The summed E-state index contributed by atoms with van der Waals surface area (Å²) in [4.78, 5) is 0. The van der Waals surface area contributed by atoms with Gasteiger partial charge < -0.3 is 14.3 Å². The summed E-state index contributed by atoms with van der Waals surface area (Å²) in [6.45, 7) is 3.92. The molecule has 0 atom stereocenters. The SMILES string of the molecule is C=CCCOB(O)OC. The van der Waals surface area contributed by atoms with Gasteiger partial charge in [0.1, 0.15) is 0 Å². The lowest BCUT2D eigenvalue weighted by atomic mass is 10.2. The lowest BCUT2D eigenvalue weighted by Gasteiger charge is -2.01. The van der Waals surface area contributed by atoms with Gasteiger partial charge in [0.15, 0.2) is 0 Å². The van der Waals surface area contributed by atoms with E-state index in [0.29, 0.717) is 6.61 Å². The van der Waals surface area contributed by atoms with Gasteiger partial charge in [-0.05, 0) is 6.42 Å². The number of hydrogen-bond donors (Lipinski definition) is 1. The first-order chi connectivity index (χ1) is 4.31. The average molecular weight is 130 g/mol. The maximum Gasteiger partial charge on any atom is 0.636 e.